The molecule has 2 heteroatoms. The molecule has 0 saturated heterocycles. The first-order chi connectivity index (χ1) is 10.1. The molecule has 1 atom stereocenters. The molecule has 0 heterocycles. The van der Waals surface area contributed by atoms with E-state index in [0.29, 0.717) is 6.04 Å². The fourth-order valence-corrected chi connectivity index (χ4v) is 2.58. The van der Waals surface area contributed by atoms with Gasteiger partial charge in [-0.15, -0.1) is 0 Å². The van der Waals surface area contributed by atoms with E-state index in [4.69, 9.17) is 4.74 Å². The van der Waals surface area contributed by atoms with Gasteiger partial charge in [-0.05, 0) is 55.5 Å². The van der Waals surface area contributed by atoms with Crippen LogP contribution in [0.25, 0.3) is 0 Å². The first-order valence-electron chi connectivity index (χ1n) is 7.51. The van der Waals surface area contributed by atoms with Crippen molar-refractivity contribution in [2.45, 2.75) is 39.8 Å². The summed E-state index contributed by atoms with van der Waals surface area (Å²) in [6.07, 6.45) is 1.06. The van der Waals surface area contributed by atoms with E-state index in [2.05, 4.69) is 62.5 Å². The average Bonchev–Trinajstić information content (AvgIpc) is 2.48. The fourth-order valence-electron chi connectivity index (χ4n) is 2.58. The van der Waals surface area contributed by atoms with Crippen molar-refractivity contribution < 1.29 is 4.74 Å². The predicted molar refractivity (Wildman–Crippen MR) is 88.9 cm³/mol. The Labute approximate surface area is 128 Å². The quantitative estimate of drug-likeness (QED) is 0.864. The van der Waals surface area contributed by atoms with Gasteiger partial charge in [-0.2, -0.15) is 0 Å². The molecule has 21 heavy (non-hydrogen) atoms. The molecular formula is C19H25NO. The van der Waals surface area contributed by atoms with Crippen LogP contribution >= 0.6 is 0 Å². The normalized spacial score (nSPS) is 12.2. The highest BCUT2D eigenvalue weighted by atomic mass is 16.5. The minimum absolute atomic E-state index is 0.452. The monoisotopic (exact) mass is 283 g/mol. The van der Waals surface area contributed by atoms with Gasteiger partial charge in [0.1, 0.15) is 5.75 Å². The maximum Gasteiger partial charge on any atom is 0.121 e. The summed E-state index contributed by atoms with van der Waals surface area (Å²) in [5.41, 5.74) is 5.27. The molecule has 0 fully saturated rings. The van der Waals surface area contributed by atoms with E-state index in [1.54, 1.807) is 7.11 Å². The third-order valence-corrected chi connectivity index (χ3v) is 3.90. The van der Waals surface area contributed by atoms with Gasteiger partial charge in [0.05, 0.1) is 7.11 Å². The summed E-state index contributed by atoms with van der Waals surface area (Å²) in [5.74, 6) is 0.951. The zero-order chi connectivity index (χ0) is 15.2. The lowest BCUT2D eigenvalue weighted by Crippen LogP contribution is -2.27. The second-order valence-electron chi connectivity index (χ2n) is 5.72. The van der Waals surface area contributed by atoms with Gasteiger partial charge in [0, 0.05) is 12.6 Å². The van der Waals surface area contributed by atoms with E-state index < -0.39 is 0 Å². The van der Waals surface area contributed by atoms with Crippen molar-refractivity contribution in [2.75, 3.05) is 7.11 Å². The Balaban J connectivity index is 1.91. The Hall–Kier alpha value is -1.80. The van der Waals surface area contributed by atoms with Gasteiger partial charge < -0.3 is 10.1 Å². The number of aryl methyl sites for hydroxylation is 2. The average molecular weight is 283 g/mol. The molecule has 112 valence electrons. The molecule has 2 aromatic carbocycles. The van der Waals surface area contributed by atoms with Gasteiger partial charge in [-0.1, -0.05) is 36.4 Å². The standard InChI is InChI=1S/C19H25NO/c1-14-7-5-6-8-18(14)12-16(3)20-13-17-9-10-19(21-4)15(2)11-17/h5-11,16,20H,12-13H2,1-4H3. The van der Waals surface area contributed by atoms with E-state index in [-0.39, 0.29) is 0 Å². The molecule has 0 spiro atoms. The second kappa shape index (κ2) is 7.28. The predicted octanol–water partition coefficient (Wildman–Crippen LogP) is 4.03. The summed E-state index contributed by atoms with van der Waals surface area (Å²) in [7, 11) is 1.71. The summed E-state index contributed by atoms with van der Waals surface area (Å²) >= 11 is 0. The molecule has 0 aliphatic carbocycles. The SMILES string of the molecule is COc1ccc(CNC(C)Cc2ccccc2C)cc1C. The van der Waals surface area contributed by atoms with Crippen LogP contribution in [0.5, 0.6) is 5.75 Å². The molecule has 0 aromatic heterocycles. The van der Waals surface area contributed by atoms with Crippen LogP contribution in [0.4, 0.5) is 0 Å². The van der Waals surface area contributed by atoms with Crippen LogP contribution in [0.15, 0.2) is 42.5 Å². The highest BCUT2D eigenvalue weighted by Gasteiger charge is 2.06. The van der Waals surface area contributed by atoms with E-state index in [9.17, 15) is 0 Å². The molecule has 0 saturated carbocycles. The zero-order valence-electron chi connectivity index (χ0n) is 13.4. The number of benzene rings is 2. The molecule has 2 rings (SSSR count). The third kappa shape index (κ3) is 4.33. The smallest absolute Gasteiger partial charge is 0.121 e. The summed E-state index contributed by atoms with van der Waals surface area (Å²) < 4.78 is 5.30. The van der Waals surface area contributed by atoms with Gasteiger partial charge in [0.15, 0.2) is 0 Å². The zero-order valence-corrected chi connectivity index (χ0v) is 13.4. The fraction of sp³-hybridized carbons (Fsp3) is 0.368. The molecule has 0 amide bonds. The topological polar surface area (TPSA) is 21.3 Å². The molecule has 0 aliphatic rings. The van der Waals surface area contributed by atoms with Crippen LogP contribution in [0.2, 0.25) is 0 Å². The van der Waals surface area contributed by atoms with Gasteiger partial charge in [-0.3, -0.25) is 0 Å². The Morgan fingerprint density at radius 3 is 2.48 bits per heavy atom. The molecule has 1 N–H and O–H groups in total. The molecule has 0 bridgehead atoms. The number of hydrogen-bond acceptors (Lipinski definition) is 2. The van der Waals surface area contributed by atoms with Crippen molar-refractivity contribution in [3.8, 4) is 5.75 Å². The maximum atomic E-state index is 5.30. The maximum absolute atomic E-state index is 5.30. The third-order valence-electron chi connectivity index (χ3n) is 3.90. The second-order valence-corrected chi connectivity index (χ2v) is 5.72. The molecule has 0 aliphatic heterocycles. The Bertz CT molecular complexity index is 592. The summed E-state index contributed by atoms with van der Waals surface area (Å²) in [4.78, 5) is 0. The van der Waals surface area contributed by atoms with E-state index in [0.717, 1.165) is 18.7 Å². The molecule has 2 nitrogen and oxygen atoms in total. The van der Waals surface area contributed by atoms with Crippen molar-refractivity contribution in [2.24, 2.45) is 0 Å². The van der Waals surface area contributed by atoms with Crippen LogP contribution in [0.1, 0.15) is 29.2 Å². The molecular weight excluding hydrogens is 258 g/mol. The summed E-state index contributed by atoms with van der Waals surface area (Å²) in [6, 6.07) is 15.4. The van der Waals surface area contributed by atoms with Crippen LogP contribution in [-0.4, -0.2) is 13.2 Å². The lowest BCUT2D eigenvalue weighted by atomic mass is 10.0. The van der Waals surface area contributed by atoms with Crippen LogP contribution in [0, 0.1) is 13.8 Å². The van der Waals surface area contributed by atoms with Crippen molar-refractivity contribution in [3.63, 3.8) is 0 Å². The molecule has 2 aromatic rings. The number of methoxy groups -OCH3 is 1. The lowest BCUT2D eigenvalue weighted by Gasteiger charge is -2.16. The van der Waals surface area contributed by atoms with Gasteiger partial charge in [0.2, 0.25) is 0 Å². The van der Waals surface area contributed by atoms with Gasteiger partial charge in [0.25, 0.3) is 0 Å². The van der Waals surface area contributed by atoms with Crippen molar-refractivity contribution in [1.29, 1.82) is 0 Å². The summed E-state index contributed by atoms with van der Waals surface area (Å²) in [6.45, 7) is 7.38. The summed E-state index contributed by atoms with van der Waals surface area (Å²) in [5, 5.41) is 3.60. The number of rotatable bonds is 6. The van der Waals surface area contributed by atoms with Gasteiger partial charge in [-0.25, -0.2) is 0 Å². The van der Waals surface area contributed by atoms with Crippen LogP contribution in [-0.2, 0) is 13.0 Å². The van der Waals surface area contributed by atoms with Crippen LogP contribution < -0.4 is 10.1 Å². The van der Waals surface area contributed by atoms with E-state index in [1.807, 2.05) is 6.07 Å². The minimum Gasteiger partial charge on any atom is -0.496 e. The van der Waals surface area contributed by atoms with E-state index in [1.165, 1.54) is 22.3 Å². The highest BCUT2D eigenvalue weighted by Crippen LogP contribution is 2.18. The molecule has 1 unspecified atom stereocenters. The Morgan fingerprint density at radius 1 is 1.05 bits per heavy atom. The molecule has 0 radical (unpaired) electrons. The largest absolute Gasteiger partial charge is 0.496 e. The number of ether oxygens (including phenoxy) is 1. The first kappa shape index (κ1) is 15.6. The van der Waals surface area contributed by atoms with Gasteiger partial charge >= 0.3 is 0 Å². The Morgan fingerprint density at radius 2 is 1.81 bits per heavy atom. The lowest BCUT2D eigenvalue weighted by molar-refractivity contribution is 0.411. The highest BCUT2D eigenvalue weighted by molar-refractivity contribution is 5.36. The number of nitrogens with one attached hydrogen (secondary N) is 1. The number of hydrogen-bond donors (Lipinski definition) is 1. The minimum atomic E-state index is 0.452. The van der Waals surface area contributed by atoms with E-state index >= 15 is 0 Å². The van der Waals surface area contributed by atoms with Crippen molar-refractivity contribution >= 4 is 0 Å². The van der Waals surface area contributed by atoms with Crippen LogP contribution in [0.3, 0.4) is 0 Å². The van der Waals surface area contributed by atoms with Crippen molar-refractivity contribution in [1.82, 2.24) is 5.32 Å². The Kier molecular flexibility index (Phi) is 5.40. The van der Waals surface area contributed by atoms with Crippen molar-refractivity contribution in [3.05, 3.63) is 64.7 Å². The first-order valence-corrected chi connectivity index (χ1v) is 7.51.